The molecule has 0 aliphatic carbocycles. The lowest BCUT2D eigenvalue weighted by Gasteiger charge is -2.04. The summed E-state index contributed by atoms with van der Waals surface area (Å²) in [6.07, 6.45) is 0. The molecule has 0 aliphatic heterocycles. The number of nitro groups is 1. The van der Waals surface area contributed by atoms with Crippen LogP contribution in [0.25, 0.3) is 11.4 Å². The molecule has 18 heavy (non-hydrogen) atoms. The van der Waals surface area contributed by atoms with Crippen molar-refractivity contribution in [3.05, 3.63) is 38.9 Å². The van der Waals surface area contributed by atoms with Gasteiger partial charge in [-0.2, -0.15) is 5.10 Å². The number of nitro benzene ring substituents is 1. The maximum Gasteiger partial charge on any atom is 0.283 e. The van der Waals surface area contributed by atoms with Gasteiger partial charge in [0.2, 0.25) is 0 Å². The molecular weight excluding hydrogens is 259 g/mol. The summed E-state index contributed by atoms with van der Waals surface area (Å²) < 4.78 is 15.0. The van der Waals surface area contributed by atoms with Crippen LogP contribution >= 0.6 is 12.2 Å². The van der Waals surface area contributed by atoms with Gasteiger partial charge in [0.15, 0.2) is 10.6 Å². The lowest BCUT2D eigenvalue weighted by atomic mass is 10.1. The second-order valence-electron chi connectivity index (χ2n) is 3.52. The molecule has 6 nitrogen and oxygen atoms in total. The average molecular weight is 268 g/mol. The molecule has 2 rings (SSSR count). The second kappa shape index (κ2) is 4.65. The Bertz CT molecular complexity index is 664. The molecule has 0 saturated heterocycles. The molecule has 1 aromatic heterocycles. The number of nitrogens with one attached hydrogen (secondary N) is 1. The molecule has 0 saturated carbocycles. The number of rotatable bonds is 3. The van der Waals surface area contributed by atoms with Crippen LogP contribution < -0.4 is 0 Å². The summed E-state index contributed by atoms with van der Waals surface area (Å²) in [4.78, 5) is 10.3. The minimum absolute atomic E-state index is 0.232. The molecule has 0 radical (unpaired) electrons. The van der Waals surface area contributed by atoms with Gasteiger partial charge in [-0.1, -0.05) is 0 Å². The first-order chi connectivity index (χ1) is 8.54. The molecular formula is C10H9FN4O2S. The Hall–Kier alpha value is -2.09. The van der Waals surface area contributed by atoms with Gasteiger partial charge in [0.05, 0.1) is 16.6 Å². The predicted octanol–water partition coefficient (Wildman–Crippen LogP) is 2.67. The van der Waals surface area contributed by atoms with E-state index in [-0.39, 0.29) is 11.3 Å². The zero-order valence-electron chi connectivity index (χ0n) is 9.38. The molecule has 0 spiro atoms. The van der Waals surface area contributed by atoms with Gasteiger partial charge < -0.3 is 4.57 Å². The average Bonchev–Trinajstić information content (AvgIpc) is 2.70. The fraction of sp³-hybridized carbons (Fsp3) is 0.200. The Labute approximate surface area is 106 Å². The number of hydrogen-bond donors (Lipinski definition) is 1. The summed E-state index contributed by atoms with van der Waals surface area (Å²) in [5.41, 5.74) is -0.102. The van der Waals surface area contributed by atoms with E-state index in [0.29, 0.717) is 17.1 Å². The molecule has 1 aromatic carbocycles. The van der Waals surface area contributed by atoms with E-state index < -0.39 is 10.7 Å². The number of aromatic nitrogens is 3. The third kappa shape index (κ3) is 2.02. The first-order valence-electron chi connectivity index (χ1n) is 5.14. The van der Waals surface area contributed by atoms with Crippen molar-refractivity contribution in [2.24, 2.45) is 0 Å². The number of aromatic amines is 1. The molecule has 8 heteroatoms. The minimum atomic E-state index is -0.664. The number of hydrogen-bond acceptors (Lipinski definition) is 4. The third-order valence-electron chi connectivity index (χ3n) is 2.47. The van der Waals surface area contributed by atoms with Crippen molar-refractivity contribution < 1.29 is 9.31 Å². The normalized spacial score (nSPS) is 10.6. The molecule has 94 valence electrons. The molecule has 0 amide bonds. The monoisotopic (exact) mass is 268 g/mol. The Kier molecular flexibility index (Phi) is 3.19. The van der Waals surface area contributed by atoms with Crippen LogP contribution in [0.1, 0.15) is 6.92 Å². The maximum atomic E-state index is 13.1. The zero-order valence-corrected chi connectivity index (χ0v) is 10.2. The Morgan fingerprint density at radius 3 is 2.94 bits per heavy atom. The van der Waals surface area contributed by atoms with Gasteiger partial charge in [-0.15, -0.1) is 0 Å². The lowest BCUT2D eigenvalue weighted by Crippen LogP contribution is -2.01. The molecule has 0 aliphatic rings. The topological polar surface area (TPSA) is 76.8 Å². The van der Waals surface area contributed by atoms with Crippen LogP contribution in [-0.4, -0.2) is 19.7 Å². The van der Waals surface area contributed by atoms with Gasteiger partial charge in [-0.05, 0) is 31.3 Å². The van der Waals surface area contributed by atoms with Crippen molar-refractivity contribution in [1.82, 2.24) is 14.8 Å². The summed E-state index contributed by atoms with van der Waals surface area (Å²) in [6, 6.07) is 3.34. The highest BCUT2D eigenvalue weighted by Crippen LogP contribution is 2.29. The predicted molar refractivity (Wildman–Crippen MR) is 65.1 cm³/mol. The van der Waals surface area contributed by atoms with E-state index in [0.717, 1.165) is 12.1 Å². The number of benzene rings is 1. The number of H-pyrrole nitrogens is 1. The zero-order chi connectivity index (χ0) is 13.3. The summed E-state index contributed by atoms with van der Waals surface area (Å²) in [5, 5.41) is 17.4. The van der Waals surface area contributed by atoms with Crippen molar-refractivity contribution in [2.75, 3.05) is 0 Å². The summed E-state index contributed by atoms with van der Waals surface area (Å²) >= 11 is 5.01. The van der Waals surface area contributed by atoms with Crippen LogP contribution in [0.15, 0.2) is 18.2 Å². The second-order valence-corrected chi connectivity index (χ2v) is 3.90. The van der Waals surface area contributed by atoms with E-state index in [9.17, 15) is 14.5 Å². The largest absolute Gasteiger partial charge is 0.300 e. The minimum Gasteiger partial charge on any atom is -0.300 e. The van der Waals surface area contributed by atoms with E-state index in [4.69, 9.17) is 12.2 Å². The van der Waals surface area contributed by atoms with Crippen molar-refractivity contribution >= 4 is 17.9 Å². The van der Waals surface area contributed by atoms with E-state index in [1.807, 2.05) is 6.92 Å². The van der Waals surface area contributed by atoms with E-state index >= 15 is 0 Å². The van der Waals surface area contributed by atoms with E-state index in [1.165, 1.54) is 6.07 Å². The molecule has 1 heterocycles. The summed E-state index contributed by atoms with van der Waals surface area (Å²) in [6.45, 7) is 2.35. The highest BCUT2D eigenvalue weighted by molar-refractivity contribution is 7.71. The lowest BCUT2D eigenvalue weighted by molar-refractivity contribution is -0.384. The van der Waals surface area contributed by atoms with Gasteiger partial charge in [0.1, 0.15) is 5.82 Å². The molecule has 0 atom stereocenters. The quantitative estimate of drug-likeness (QED) is 0.527. The van der Waals surface area contributed by atoms with Crippen molar-refractivity contribution in [3.63, 3.8) is 0 Å². The van der Waals surface area contributed by atoms with Crippen LogP contribution in [0.2, 0.25) is 0 Å². The number of halogens is 1. The van der Waals surface area contributed by atoms with Gasteiger partial charge in [-0.25, -0.2) is 4.39 Å². The van der Waals surface area contributed by atoms with Crippen LogP contribution in [0, 0.1) is 20.7 Å². The fourth-order valence-corrected chi connectivity index (χ4v) is 1.92. The van der Waals surface area contributed by atoms with Gasteiger partial charge in [0, 0.05) is 6.54 Å². The van der Waals surface area contributed by atoms with Crippen LogP contribution in [0.5, 0.6) is 0 Å². The standard InChI is InChI=1S/C10H9FN4O2S/c1-2-14-9(12-13-10(14)18)7-4-3-6(11)5-8(7)15(16)17/h3-5H,2H2,1H3,(H,13,18). The molecule has 2 aromatic rings. The Morgan fingerprint density at radius 2 is 2.33 bits per heavy atom. The SMILES string of the molecule is CCn1c(-c2ccc(F)cc2[N+](=O)[O-])n[nH]c1=S. The van der Waals surface area contributed by atoms with Crippen molar-refractivity contribution in [2.45, 2.75) is 13.5 Å². The summed E-state index contributed by atoms with van der Waals surface area (Å²) in [5.74, 6) is -0.336. The highest BCUT2D eigenvalue weighted by atomic mass is 32.1. The molecule has 1 N–H and O–H groups in total. The van der Waals surface area contributed by atoms with E-state index in [1.54, 1.807) is 4.57 Å². The smallest absolute Gasteiger partial charge is 0.283 e. The van der Waals surface area contributed by atoms with Crippen LogP contribution in [-0.2, 0) is 6.54 Å². The van der Waals surface area contributed by atoms with Crippen molar-refractivity contribution in [3.8, 4) is 11.4 Å². The van der Waals surface area contributed by atoms with Crippen molar-refractivity contribution in [1.29, 1.82) is 0 Å². The third-order valence-corrected chi connectivity index (χ3v) is 2.78. The fourth-order valence-electron chi connectivity index (χ4n) is 1.66. The van der Waals surface area contributed by atoms with Crippen LogP contribution in [0.3, 0.4) is 0 Å². The Balaban J connectivity index is 2.71. The molecule has 0 unspecified atom stereocenters. The highest BCUT2D eigenvalue weighted by Gasteiger charge is 2.20. The van der Waals surface area contributed by atoms with E-state index in [2.05, 4.69) is 10.2 Å². The first-order valence-corrected chi connectivity index (χ1v) is 5.55. The Morgan fingerprint density at radius 1 is 1.61 bits per heavy atom. The first kappa shape index (κ1) is 12.4. The van der Waals surface area contributed by atoms with Gasteiger partial charge in [-0.3, -0.25) is 15.2 Å². The van der Waals surface area contributed by atoms with Crippen LogP contribution in [0.4, 0.5) is 10.1 Å². The maximum absolute atomic E-state index is 13.1. The number of nitrogens with zero attached hydrogens (tertiary/aromatic N) is 3. The van der Waals surface area contributed by atoms with Gasteiger partial charge >= 0.3 is 0 Å². The molecule has 0 bridgehead atoms. The van der Waals surface area contributed by atoms with Gasteiger partial charge in [0.25, 0.3) is 5.69 Å². The summed E-state index contributed by atoms with van der Waals surface area (Å²) in [7, 11) is 0. The molecule has 0 fully saturated rings.